The number of para-hydroxylation sites is 2. The monoisotopic (exact) mass is 274 g/mol. The molecule has 0 bridgehead atoms. The molecule has 0 unspecified atom stereocenters. The van der Waals surface area contributed by atoms with Gasteiger partial charge in [0, 0.05) is 0 Å². The lowest BCUT2D eigenvalue weighted by molar-refractivity contribution is 1.14. The number of aromatic amines is 1. The number of rotatable bonds is 2. The van der Waals surface area contributed by atoms with Gasteiger partial charge in [0.2, 0.25) is 0 Å². The van der Waals surface area contributed by atoms with E-state index >= 15 is 0 Å². The minimum Gasteiger partial charge on any atom is -0.337 e. The normalized spacial score (nSPS) is 11.3. The highest BCUT2D eigenvalue weighted by atomic mass is 15.0. The van der Waals surface area contributed by atoms with Gasteiger partial charge in [0.1, 0.15) is 5.69 Å². The second-order valence-electron chi connectivity index (χ2n) is 5.03. The van der Waals surface area contributed by atoms with E-state index in [4.69, 9.17) is 0 Å². The fraction of sp³-hybridized carbons (Fsp3) is 0.118. The van der Waals surface area contributed by atoms with Gasteiger partial charge >= 0.3 is 0 Å². The number of nitrogens with one attached hydrogen (secondary N) is 1. The third kappa shape index (κ3) is 2.05. The lowest BCUT2D eigenvalue weighted by Crippen LogP contribution is -1.89. The first-order chi connectivity index (χ1) is 10.3. The van der Waals surface area contributed by atoms with Gasteiger partial charge in [-0.25, -0.2) is 9.97 Å². The molecule has 0 radical (unpaired) electrons. The minimum absolute atomic E-state index is 0.761. The van der Waals surface area contributed by atoms with Crippen LogP contribution >= 0.6 is 0 Å². The number of benzene rings is 2. The van der Waals surface area contributed by atoms with Crippen LogP contribution in [0.25, 0.3) is 33.6 Å². The van der Waals surface area contributed by atoms with Crippen molar-refractivity contribution in [3.63, 3.8) is 0 Å². The molecule has 4 rings (SSSR count). The predicted molar refractivity (Wildman–Crippen MR) is 84.0 cm³/mol. The Morgan fingerprint density at radius 3 is 2.67 bits per heavy atom. The summed E-state index contributed by atoms with van der Waals surface area (Å²) in [6.07, 6.45) is 2.78. The highest BCUT2D eigenvalue weighted by molar-refractivity contribution is 5.81. The molecule has 1 N–H and O–H groups in total. The zero-order valence-corrected chi connectivity index (χ0v) is 11.7. The lowest BCUT2D eigenvalue weighted by atomic mass is 10.1. The number of aromatic nitrogens is 4. The Bertz CT molecular complexity index is 940. The zero-order chi connectivity index (χ0) is 14.2. The maximum Gasteiger partial charge on any atom is 0.158 e. The van der Waals surface area contributed by atoms with Crippen molar-refractivity contribution >= 4 is 22.1 Å². The molecule has 102 valence electrons. The zero-order valence-electron chi connectivity index (χ0n) is 11.7. The molecule has 0 atom stereocenters. The number of aryl methyl sites for hydroxylation is 1. The van der Waals surface area contributed by atoms with Crippen molar-refractivity contribution in [1.29, 1.82) is 0 Å². The summed E-state index contributed by atoms with van der Waals surface area (Å²) in [6.45, 7) is 2.15. The number of fused-ring (bicyclic) bond motifs is 2. The molecule has 0 saturated heterocycles. The fourth-order valence-corrected chi connectivity index (χ4v) is 2.47. The van der Waals surface area contributed by atoms with Crippen molar-refractivity contribution in [2.75, 3.05) is 0 Å². The number of hydrogen-bond donors (Lipinski definition) is 1. The van der Waals surface area contributed by atoms with Gasteiger partial charge in [-0.2, -0.15) is 0 Å². The lowest BCUT2D eigenvalue weighted by Gasteiger charge is -1.98. The molecule has 2 heterocycles. The molecule has 4 nitrogen and oxygen atoms in total. The van der Waals surface area contributed by atoms with Crippen molar-refractivity contribution in [1.82, 2.24) is 19.9 Å². The van der Waals surface area contributed by atoms with Crippen LogP contribution in [0.15, 0.2) is 48.7 Å². The summed E-state index contributed by atoms with van der Waals surface area (Å²) < 4.78 is 0. The maximum absolute atomic E-state index is 4.63. The molecule has 0 aliphatic carbocycles. The van der Waals surface area contributed by atoms with Gasteiger partial charge in [0.25, 0.3) is 0 Å². The van der Waals surface area contributed by atoms with E-state index in [1.165, 1.54) is 5.56 Å². The summed E-state index contributed by atoms with van der Waals surface area (Å²) >= 11 is 0. The number of imidazole rings is 1. The topological polar surface area (TPSA) is 54.5 Å². The molecule has 0 aliphatic heterocycles. The van der Waals surface area contributed by atoms with Crippen LogP contribution in [0, 0.1) is 0 Å². The minimum atomic E-state index is 0.761. The highest BCUT2D eigenvalue weighted by Gasteiger charge is 2.08. The van der Waals surface area contributed by atoms with Crippen molar-refractivity contribution < 1.29 is 0 Å². The molecule has 4 aromatic rings. The molecule has 0 aliphatic rings. The standard InChI is InChI=1S/C17H14N4/c1-2-11-7-8-14-15(9-11)21-17(20-14)16-10-18-12-5-3-4-6-13(12)19-16/h3-10H,2H2,1H3,(H,20,21). The van der Waals surface area contributed by atoms with E-state index in [9.17, 15) is 0 Å². The van der Waals surface area contributed by atoms with E-state index in [0.717, 1.165) is 40.0 Å². The van der Waals surface area contributed by atoms with E-state index in [-0.39, 0.29) is 0 Å². The van der Waals surface area contributed by atoms with E-state index < -0.39 is 0 Å². The number of H-pyrrole nitrogens is 1. The Balaban J connectivity index is 1.87. The first-order valence-corrected chi connectivity index (χ1v) is 7.04. The van der Waals surface area contributed by atoms with Gasteiger partial charge in [-0.15, -0.1) is 0 Å². The van der Waals surface area contributed by atoms with Gasteiger partial charge in [0.15, 0.2) is 5.82 Å². The smallest absolute Gasteiger partial charge is 0.158 e. The van der Waals surface area contributed by atoms with Crippen LogP contribution in [-0.2, 0) is 6.42 Å². The summed E-state index contributed by atoms with van der Waals surface area (Å²) in [5.74, 6) is 0.761. The summed E-state index contributed by atoms with van der Waals surface area (Å²) in [5, 5.41) is 0. The van der Waals surface area contributed by atoms with Crippen molar-refractivity contribution in [2.45, 2.75) is 13.3 Å². The van der Waals surface area contributed by atoms with Gasteiger partial charge < -0.3 is 4.98 Å². The SMILES string of the molecule is CCc1ccc2nc(-c3cnc4ccccc4n3)[nH]c2c1. The second kappa shape index (κ2) is 4.66. The quantitative estimate of drug-likeness (QED) is 0.606. The van der Waals surface area contributed by atoms with E-state index in [1.807, 2.05) is 30.3 Å². The average molecular weight is 274 g/mol. The summed E-state index contributed by atoms with van der Waals surface area (Å²) in [4.78, 5) is 17.0. The van der Waals surface area contributed by atoms with Crippen LogP contribution in [0.5, 0.6) is 0 Å². The molecule has 0 spiro atoms. The molecule has 2 aromatic heterocycles. The van der Waals surface area contributed by atoms with Crippen LogP contribution in [0.2, 0.25) is 0 Å². The first-order valence-electron chi connectivity index (χ1n) is 7.04. The maximum atomic E-state index is 4.63. The third-order valence-electron chi connectivity index (χ3n) is 3.65. The van der Waals surface area contributed by atoms with Gasteiger partial charge in [-0.1, -0.05) is 25.1 Å². The van der Waals surface area contributed by atoms with Gasteiger partial charge in [-0.3, -0.25) is 4.98 Å². The van der Waals surface area contributed by atoms with Crippen LogP contribution in [0.1, 0.15) is 12.5 Å². The van der Waals surface area contributed by atoms with Crippen LogP contribution in [0.4, 0.5) is 0 Å². The number of hydrogen-bond acceptors (Lipinski definition) is 3. The summed E-state index contributed by atoms with van der Waals surface area (Å²) in [5.41, 5.74) is 5.83. The van der Waals surface area contributed by atoms with E-state index in [0.29, 0.717) is 0 Å². The molecule has 2 aromatic carbocycles. The third-order valence-corrected chi connectivity index (χ3v) is 3.65. The Kier molecular flexibility index (Phi) is 2.67. The molecule has 21 heavy (non-hydrogen) atoms. The Morgan fingerprint density at radius 1 is 0.952 bits per heavy atom. The molecule has 0 saturated carbocycles. The predicted octanol–water partition coefficient (Wildman–Crippen LogP) is 3.74. The Hall–Kier alpha value is -2.75. The highest BCUT2D eigenvalue weighted by Crippen LogP contribution is 2.21. The van der Waals surface area contributed by atoms with E-state index in [2.05, 4.69) is 39.0 Å². The van der Waals surface area contributed by atoms with Crippen LogP contribution in [-0.4, -0.2) is 19.9 Å². The molecular weight excluding hydrogens is 260 g/mol. The second-order valence-corrected chi connectivity index (χ2v) is 5.03. The average Bonchev–Trinajstić information content (AvgIpc) is 2.97. The van der Waals surface area contributed by atoms with Crippen LogP contribution in [0.3, 0.4) is 0 Å². The molecule has 4 heteroatoms. The fourth-order valence-electron chi connectivity index (χ4n) is 2.47. The van der Waals surface area contributed by atoms with Gasteiger partial charge in [0.05, 0.1) is 28.3 Å². The molecular formula is C17H14N4. The molecule has 0 fully saturated rings. The Morgan fingerprint density at radius 2 is 1.81 bits per heavy atom. The van der Waals surface area contributed by atoms with E-state index in [1.54, 1.807) is 6.20 Å². The van der Waals surface area contributed by atoms with Crippen molar-refractivity contribution in [3.05, 3.63) is 54.2 Å². The van der Waals surface area contributed by atoms with Gasteiger partial charge in [-0.05, 0) is 36.2 Å². The largest absolute Gasteiger partial charge is 0.337 e. The number of nitrogens with zero attached hydrogens (tertiary/aromatic N) is 3. The van der Waals surface area contributed by atoms with Crippen molar-refractivity contribution in [3.8, 4) is 11.5 Å². The summed E-state index contributed by atoms with van der Waals surface area (Å²) in [7, 11) is 0. The first kappa shape index (κ1) is 12.0. The Labute approximate surface area is 121 Å². The summed E-state index contributed by atoms with van der Waals surface area (Å²) in [6, 6.07) is 14.1. The van der Waals surface area contributed by atoms with Crippen molar-refractivity contribution in [2.24, 2.45) is 0 Å². The van der Waals surface area contributed by atoms with Crippen LogP contribution < -0.4 is 0 Å². The molecule has 0 amide bonds.